The number of carbonyl (C=O) groups is 2. The Kier molecular flexibility index (Phi) is 4.85. The predicted molar refractivity (Wildman–Crippen MR) is 93.4 cm³/mol. The lowest BCUT2D eigenvalue weighted by Gasteiger charge is -2.29. The maximum atomic E-state index is 12.3. The fraction of sp³-hybridized carbons (Fsp3) is 0.316. The van der Waals surface area contributed by atoms with Crippen LogP contribution >= 0.6 is 0 Å². The van der Waals surface area contributed by atoms with E-state index in [9.17, 15) is 9.59 Å². The van der Waals surface area contributed by atoms with E-state index >= 15 is 0 Å². The molecule has 0 spiro atoms. The number of carbonyl (C=O) groups excluding carboxylic acids is 2. The second-order valence-electron chi connectivity index (χ2n) is 6.04. The van der Waals surface area contributed by atoms with Crippen molar-refractivity contribution in [3.8, 4) is 6.07 Å². The van der Waals surface area contributed by atoms with Crippen molar-refractivity contribution >= 4 is 23.2 Å². The first kappa shape index (κ1) is 16.8. The predicted octanol–water partition coefficient (Wildman–Crippen LogP) is 3.42. The van der Waals surface area contributed by atoms with Crippen LogP contribution in [0, 0.1) is 18.3 Å². The van der Waals surface area contributed by atoms with Crippen molar-refractivity contribution in [2.24, 2.45) is 0 Å². The van der Waals surface area contributed by atoms with Gasteiger partial charge in [-0.25, -0.2) is 0 Å². The lowest BCUT2D eigenvalue weighted by molar-refractivity contribution is -0.118. The summed E-state index contributed by atoms with van der Waals surface area (Å²) in [5, 5.41) is 11.5. The van der Waals surface area contributed by atoms with Crippen LogP contribution in [0.4, 0.5) is 11.4 Å². The van der Waals surface area contributed by atoms with E-state index in [0.717, 1.165) is 16.8 Å². The van der Waals surface area contributed by atoms with Gasteiger partial charge >= 0.3 is 0 Å². The summed E-state index contributed by atoms with van der Waals surface area (Å²) in [4.78, 5) is 26.2. The summed E-state index contributed by atoms with van der Waals surface area (Å²) < 4.78 is 5.21. The topological polar surface area (TPSA) is 86.3 Å². The molecule has 0 unspecified atom stereocenters. The third-order valence-electron chi connectivity index (χ3n) is 4.28. The third kappa shape index (κ3) is 3.56. The first-order valence-electron chi connectivity index (χ1n) is 8.26. The molecular weight excluding hydrogens is 318 g/mol. The molecule has 128 valence electrons. The van der Waals surface area contributed by atoms with Crippen LogP contribution in [0.1, 0.15) is 40.9 Å². The Morgan fingerprint density at radius 2 is 2.20 bits per heavy atom. The molecule has 2 heterocycles. The van der Waals surface area contributed by atoms with Crippen LogP contribution < -0.4 is 10.2 Å². The molecule has 0 bridgehead atoms. The number of benzene rings is 1. The molecule has 1 aliphatic heterocycles. The highest BCUT2D eigenvalue weighted by Gasteiger charge is 2.24. The molecule has 2 amide bonds. The van der Waals surface area contributed by atoms with Crippen molar-refractivity contribution < 1.29 is 14.0 Å². The zero-order valence-electron chi connectivity index (χ0n) is 14.0. The number of nitrogens with zero attached hydrogens (tertiary/aromatic N) is 2. The summed E-state index contributed by atoms with van der Waals surface area (Å²) in [6.45, 7) is 2.35. The van der Waals surface area contributed by atoms with Crippen LogP contribution in [0.3, 0.4) is 0 Å². The van der Waals surface area contributed by atoms with Gasteiger partial charge in [0.25, 0.3) is 5.91 Å². The number of nitriles is 1. The number of fused-ring (bicyclic) bond motifs is 1. The summed E-state index contributed by atoms with van der Waals surface area (Å²) in [7, 11) is 0. The van der Waals surface area contributed by atoms with Crippen molar-refractivity contribution in [3.05, 3.63) is 47.4 Å². The number of amides is 2. The largest absolute Gasteiger partial charge is 0.459 e. The number of rotatable bonds is 5. The molecule has 1 aromatic carbocycles. The first-order chi connectivity index (χ1) is 12.1. The fourth-order valence-electron chi connectivity index (χ4n) is 2.99. The van der Waals surface area contributed by atoms with Gasteiger partial charge in [0.2, 0.25) is 5.91 Å². The van der Waals surface area contributed by atoms with E-state index in [1.165, 1.54) is 6.26 Å². The zero-order chi connectivity index (χ0) is 17.8. The molecule has 25 heavy (non-hydrogen) atoms. The Balaban J connectivity index is 1.77. The van der Waals surface area contributed by atoms with Gasteiger partial charge in [0.1, 0.15) is 0 Å². The van der Waals surface area contributed by atoms with E-state index in [0.29, 0.717) is 43.7 Å². The molecule has 3 rings (SSSR count). The average molecular weight is 337 g/mol. The second kappa shape index (κ2) is 7.22. The Morgan fingerprint density at radius 3 is 2.92 bits per heavy atom. The van der Waals surface area contributed by atoms with Crippen LogP contribution in [-0.2, 0) is 11.2 Å². The molecule has 1 N–H and O–H groups in total. The van der Waals surface area contributed by atoms with E-state index in [2.05, 4.69) is 11.4 Å². The quantitative estimate of drug-likeness (QED) is 0.847. The van der Waals surface area contributed by atoms with Crippen molar-refractivity contribution in [2.45, 2.75) is 32.6 Å². The molecule has 0 fully saturated rings. The number of hydrogen-bond acceptors (Lipinski definition) is 4. The molecule has 0 aliphatic carbocycles. The molecule has 6 heteroatoms. The van der Waals surface area contributed by atoms with E-state index in [4.69, 9.17) is 9.68 Å². The minimum atomic E-state index is -0.291. The SMILES string of the molecule is Cc1ccoc1C(=O)Nc1ccc2c(c1)CCC(=O)N2CCCC#N. The molecule has 0 saturated carbocycles. The van der Waals surface area contributed by atoms with Crippen LogP contribution in [0.15, 0.2) is 34.9 Å². The Bertz CT molecular complexity index is 848. The standard InChI is InChI=1S/C19H19N3O3/c1-13-8-11-25-18(13)19(24)21-15-5-6-16-14(12-15)4-7-17(23)22(16)10-3-2-9-20/h5-6,8,11-12H,2-4,7,10H2,1H3,(H,21,24). The molecule has 0 radical (unpaired) electrons. The van der Waals surface area contributed by atoms with Crippen molar-refractivity contribution in [3.63, 3.8) is 0 Å². The Labute approximate surface area is 146 Å². The number of hydrogen-bond donors (Lipinski definition) is 1. The van der Waals surface area contributed by atoms with Gasteiger partial charge in [-0.3, -0.25) is 9.59 Å². The molecule has 1 aromatic heterocycles. The van der Waals surface area contributed by atoms with Gasteiger partial charge in [-0.2, -0.15) is 5.26 Å². The van der Waals surface area contributed by atoms with E-state index in [1.54, 1.807) is 17.0 Å². The van der Waals surface area contributed by atoms with Gasteiger partial charge < -0.3 is 14.6 Å². The molecular formula is C19H19N3O3. The first-order valence-corrected chi connectivity index (χ1v) is 8.26. The minimum absolute atomic E-state index is 0.0773. The summed E-state index contributed by atoms with van der Waals surface area (Å²) in [6, 6.07) is 9.37. The minimum Gasteiger partial charge on any atom is -0.459 e. The van der Waals surface area contributed by atoms with Gasteiger partial charge in [-0.1, -0.05) is 0 Å². The maximum Gasteiger partial charge on any atom is 0.291 e. The summed E-state index contributed by atoms with van der Waals surface area (Å²) in [6.07, 6.45) is 3.65. The van der Waals surface area contributed by atoms with Gasteiger partial charge in [0.05, 0.1) is 12.3 Å². The summed E-state index contributed by atoms with van der Waals surface area (Å²) in [5.74, 6) is 0.0830. The monoisotopic (exact) mass is 337 g/mol. The highest BCUT2D eigenvalue weighted by atomic mass is 16.3. The molecule has 1 aliphatic rings. The van der Waals surface area contributed by atoms with Crippen LogP contribution in [-0.4, -0.2) is 18.4 Å². The number of anilines is 2. The Morgan fingerprint density at radius 1 is 1.36 bits per heavy atom. The normalized spacial score (nSPS) is 13.3. The smallest absolute Gasteiger partial charge is 0.291 e. The summed E-state index contributed by atoms with van der Waals surface area (Å²) in [5.41, 5.74) is 3.34. The van der Waals surface area contributed by atoms with Crippen LogP contribution in [0.5, 0.6) is 0 Å². The van der Waals surface area contributed by atoms with Crippen molar-refractivity contribution in [1.82, 2.24) is 0 Å². The molecule has 0 atom stereocenters. The van der Waals surface area contributed by atoms with Crippen molar-refractivity contribution in [2.75, 3.05) is 16.8 Å². The lowest BCUT2D eigenvalue weighted by atomic mass is 10.00. The fourth-order valence-corrected chi connectivity index (χ4v) is 2.99. The van der Waals surface area contributed by atoms with Crippen molar-refractivity contribution in [1.29, 1.82) is 5.26 Å². The molecule has 6 nitrogen and oxygen atoms in total. The average Bonchev–Trinajstić information content (AvgIpc) is 3.03. The molecule has 2 aromatic rings. The van der Waals surface area contributed by atoms with E-state index in [-0.39, 0.29) is 11.8 Å². The number of aryl methyl sites for hydroxylation is 2. The third-order valence-corrected chi connectivity index (χ3v) is 4.28. The number of furan rings is 1. The number of nitrogens with one attached hydrogen (secondary N) is 1. The second-order valence-corrected chi connectivity index (χ2v) is 6.04. The zero-order valence-corrected chi connectivity index (χ0v) is 14.0. The van der Waals surface area contributed by atoms with Gasteiger partial charge in [-0.15, -0.1) is 0 Å². The molecule has 0 saturated heterocycles. The maximum absolute atomic E-state index is 12.3. The number of unbranched alkanes of at least 4 members (excludes halogenated alkanes) is 1. The highest BCUT2D eigenvalue weighted by Crippen LogP contribution is 2.30. The van der Waals surface area contributed by atoms with Gasteiger partial charge in [0, 0.05) is 36.3 Å². The van der Waals surface area contributed by atoms with Gasteiger partial charge in [0.15, 0.2) is 5.76 Å². The van der Waals surface area contributed by atoms with Crippen LogP contribution in [0.25, 0.3) is 0 Å². The Hall–Kier alpha value is -3.07. The van der Waals surface area contributed by atoms with E-state index < -0.39 is 0 Å². The van der Waals surface area contributed by atoms with Crippen LogP contribution in [0.2, 0.25) is 0 Å². The van der Waals surface area contributed by atoms with E-state index in [1.807, 2.05) is 19.1 Å². The lowest BCUT2D eigenvalue weighted by Crippen LogP contribution is -2.35. The summed E-state index contributed by atoms with van der Waals surface area (Å²) >= 11 is 0. The van der Waals surface area contributed by atoms with Gasteiger partial charge in [-0.05, 0) is 49.6 Å². The highest BCUT2D eigenvalue weighted by molar-refractivity contribution is 6.03.